The lowest BCUT2D eigenvalue weighted by Crippen LogP contribution is -2.55. The van der Waals surface area contributed by atoms with Crippen LogP contribution in [0, 0.1) is 0 Å². The second-order valence-corrected chi connectivity index (χ2v) is 6.57. The van der Waals surface area contributed by atoms with Crippen molar-refractivity contribution in [3.63, 3.8) is 0 Å². The van der Waals surface area contributed by atoms with E-state index in [0.717, 1.165) is 0 Å². The highest BCUT2D eigenvalue weighted by molar-refractivity contribution is 7.86. The fourth-order valence-corrected chi connectivity index (χ4v) is 2.91. The Morgan fingerprint density at radius 1 is 1.33 bits per heavy atom. The van der Waals surface area contributed by atoms with Gasteiger partial charge in [0, 0.05) is 40.3 Å². The van der Waals surface area contributed by atoms with E-state index in [9.17, 15) is 8.42 Å². The molecule has 1 heterocycles. The molecule has 106 valence electrons. The average molecular weight is 279 g/mol. The van der Waals surface area contributed by atoms with Crippen molar-refractivity contribution < 1.29 is 13.6 Å². The molecule has 0 radical (unpaired) electrons. The van der Waals surface area contributed by atoms with Crippen LogP contribution in [0.2, 0.25) is 0 Å². The number of rotatable bonds is 4. The van der Waals surface area contributed by atoms with Crippen LogP contribution in [0.1, 0.15) is 6.92 Å². The number of hydrogen-bond donors (Lipinski definition) is 2. The third-order valence-corrected chi connectivity index (χ3v) is 5.09. The van der Waals surface area contributed by atoms with Crippen molar-refractivity contribution in [2.75, 3.05) is 40.3 Å². The van der Waals surface area contributed by atoms with Gasteiger partial charge in [-0.05, 0) is 6.92 Å². The summed E-state index contributed by atoms with van der Waals surface area (Å²) in [7, 11) is -0.317. The summed E-state index contributed by atoms with van der Waals surface area (Å²) in [6, 6.07) is -0.195. The van der Waals surface area contributed by atoms with E-state index in [1.807, 2.05) is 11.8 Å². The van der Waals surface area contributed by atoms with E-state index in [1.54, 1.807) is 0 Å². The molecule has 0 spiro atoms. The summed E-state index contributed by atoms with van der Waals surface area (Å²) in [4.78, 5) is 1.98. The normalized spacial score (nSPS) is 22.3. The van der Waals surface area contributed by atoms with E-state index < -0.39 is 10.2 Å². The minimum Gasteiger partial charge on any atom is -0.409 e. The lowest BCUT2D eigenvalue weighted by atomic mass is 10.2. The van der Waals surface area contributed by atoms with Gasteiger partial charge in [-0.3, -0.25) is 4.90 Å². The largest absolute Gasteiger partial charge is 0.409 e. The molecular weight excluding hydrogens is 258 g/mol. The Bertz CT molecular complexity index is 400. The topological polar surface area (TPSA) is 102 Å². The zero-order valence-corrected chi connectivity index (χ0v) is 11.8. The second-order valence-electron chi connectivity index (χ2n) is 4.43. The summed E-state index contributed by atoms with van der Waals surface area (Å²) in [6.45, 7) is 3.76. The van der Waals surface area contributed by atoms with Gasteiger partial charge in [-0.25, -0.2) is 0 Å². The zero-order valence-electron chi connectivity index (χ0n) is 10.9. The monoisotopic (exact) mass is 279 g/mol. The van der Waals surface area contributed by atoms with Crippen molar-refractivity contribution in [2.45, 2.75) is 13.0 Å². The molecular formula is C9H21N5O3S. The molecule has 9 heteroatoms. The molecule has 0 amide bonds. The van der Waals surface area contributed by atoms with Gasteiger partial charge in [0.25, 0.3) is 10.2 Å². The summed E-state index contributed by atoms with van der Waals surface area (Å²) >= 11 is 0. The summed E-state index contributed by atoms with van der Waals surface area (Å²) in [6.07, 6.45) is 0. The van der Waals surface area contributed by atoms with E-state index in [-0.39, 0.29) is 11.9 Å². The molecule has 1 fully saturated rings. The van der Waals surface area contributed by atoms with Gasteiger partial charge in [0.15, 0.2) is 5.84 Å². The van der Waals surface area contributed by atoms with E-state index in [1.165, 1.54) is 22.7 Å². The van der Waals surface area contributed by atoms with Crippen LogP contribution < -0.4 is 5.73 Å². The Morgan fingerprint density at radius 2 is 1.83 bits per heavy atom. The minimum atomic E-state index is -3.35. The zero-order chi connectivity index (χ0) is 13.9. The van der Waals surface area contributed by atoms with Gasteiger partial charge < -0.3 is 10.9 Å². The highest BCUT2D eigenvalue weighted by Crippen LogP contribution is 2.11. The summed E-state index contributed by atoms with van der Waals surface area (Å²) < 4.78 is 26.4. The highest BCUT2D eigenvalue weighted by atomic mass is 32.2. The van der Waals surface area contributed by atoms with E-state index >= 15 is 0 Å². The second kappa shape index (κ2) is 5.83. The van der Waals surface area contributed by atoms with Gasteiger partial charge in [-0.1, -0.05) is 5.16 Å². The third kappa shape index (κ3) is 3.10. The lowest BCUT2D eigenvalue weighted by Gasteiger charge is -2.37. The average Bonchev–Trinajstić information content (AvgIpc) is 2.36. The number of nitrogens with two attached hydrogens (primary N) is 1. The van der Waals surface area contributed by atoms with Crippen LogP contribution in [-0.4, -0.2) is 79.3 Å². The van der Waals surface area contributed by atoms with Gasteiger partial charge in [0.2, 0.25) is 0 Å². The molecule has 3 N–H and O–H groups in total. The Morgan fingerprint density at radius 3 is 2.22 bits per heavy atom. The molecule has 0 aromatic rings. The fraction of sp³-hybridized carbons (Fsp3) is 0.889. The molecule has 0 aliphatic carbocycles. The summed E-state index contributed by atoms with van der Waals surface area (Å²) in [5, 5.41) is 11.6. The van der Waals surface area contributed by atoms with E-state index in [4.69, 9.17) is 10.9 Å². The first-order valence-corrected chi connectivity index (χ1v) is 7.09. The highest BCUT2D eigenvalue weighted by Gasteiger charge is 2.30. The Balaban J connectivity index is 2.62. The molecule has 1 saturated heterocycles. The molecule has 1 atom stereocenters. The number of oxime groups is 1. The maximum atomic E-state index is 11.9. The lowest BCUT2D eigenvalue weighted by molar-refractivity contribution is 0.167. The predicted molar refractivity (Wildman–Crippen MR) is 68.6 cm³/mol. The van der Waals surface area contributed by atoms with Crippen LogP contribution >= 0.6 is 0 Å². The molecule has 0 aromatic heterocycles. The van der Waals surface area contributed by atoms with Gasteiger partial charge in [-0.15, -0.1) is 0 Å². The number of nitrogens with zero attached hydrogens (tertiary/aromatic N) is 4. The van der Waals surface area contributed by atoms with Crippen molar-refractivity contribution in [1.29, 1.82) is 0 Å². The maximum Gasteiger partial charge on any atom is 0.281 e. The van der Waals surface area contributed by atoms with Gasteiger partial charge in [0.1, 0.15) is 0 Å². The van der Waals surface area contributed by atoms with Gasteiger partial charge in [0.05, 0.1) is 6.04 Å². The molecule has 1 rings (SSSR count). The van der Waals surface area contributed by atoms with Crippen LogP contribution in [-0.2, 0) is 10.2 Å². The van der Waals surface area contributed by atoms with Crippen molar-refractivity contribution >= 4 is 16.0 Å². The number of amidine groups is 1. The Labute approximate surface area is 108 Å². The van der Waals surface area contributed by atoms with Crippen molar-refractivity contribution in [3.05, 3.63) is 0 Å². The SMILES string of the molecule is CC(C(N)=NO)N1CCN(S(=O)(=O)N(C)C)CC1. The molecule has 1 aliphatic heterocycles. The maximum absolute atomic E-state index is 11.9. The molecule has 0 bridgehead atoms. The molecule has 0 aromatic carbocycles. The quantitative estimate of drug-likeness (QED) is 0.283. The van der Waals surface area contributed by atoms with Gasteiger partial charge in [-0.2, -0.15) is 17.0 Å². The fourth-order valence-electron chi connectivity index (χ4n) is 1.82. The smallest absolute Gasteiger partial charge is 0.281 e. The first-order valence-electron chi connectivity index (χ1n) is 5.69. The first kappa shape index (κ1) is 15.2. The first-order chi connectivity index (χ1) is 8.30. The van der Waals surface area contributed by atoms with Crippen LogP contribution in [0.25, 0.3) is 0 Å². The third-order valence-electron chi connectivity index (χ3n) is 3.15. The molecule has 18 heavy (non-hydrogen) atoms. The van der Waals surface area contributed by atoms with Crippen LogP contribution in [0.15, 0.2) is 5.16 Å². The Kier molecular flexibility index (Phi) is 4.91. The van der Waals surface area contributed by atoms with Crippen molar-refractivity contribution in [1.82, 2.24) is 13.5 Å². The van der Waals surface area contributed by atoms with Crippen LogP contribution in [0.4, 0.5) is 0 Å². The van der Waals surface area contributed by atoms with Crippen LogP contribution in [0.5, 0.6) is 0 Å². The Hall–Kier alpha value is -0.900. The summed E-state index contributed by atoms with van der Waals surface area (Å²) in [5.41, 5.74) is 5.53. The summed E-state index contributed by atoms with van der Waals surface area (Å²) in [5.74, 6) is 0.138. The van der Waals surface area contributed by atoms with Crippen LogP contribution in [0.3, 0.4) is 0 Å². The molecule has 8 nitrogen and oxygen atoms in total. The predicted octanol–water partition coefficient (Wildman–Crippen LogP) is -1.45. The number of piperazine rings is 1. The molecule has 1 aliphatic rings. The number of hydrogen-bond acceptors (Lipinski definition) is 5. The van der Waals surface area contributed by atoms with E-state index in [2.05, 4.69) is 5.16 Å². The molecule has 0 saturated carbocycles. The van der Waals surface area contributed by atoms with Crippen molar-refractivity contribution in [2.24, 2.45) is 10.9 Å². The van der Waals surface area contributed by atoms with E-state index in [0.29, 0.717) is 26.2 Å². The minimum absolute atomic E-state index is 0.138. The van der Waals surface area contributed by atoms with Crippen molar-refractivity contribution in [3.8, 4) is 0 Å². The molecule has 1 unspecified atom stereocenters. The van der Waals surface area contributed by atoms with Gasteiger partial charge >= 0.3 is 0 Å². The standard InChI is InChI=1S/C9H21N5O3S/c1-8(9(10)11-15)13-4-6-14(7-5-13)18(16,17)12(2)3/h8,15H,4-7H2,1-3H3,(H2,10,11).